The number of carbonyl (C=O) groups excluding carboxylic acids is 1. The first-order valence-electron chi connectivity index (χ1n) is 18.5. The Kier molecular flexibility index (Phi) is 16.0. The number of likely N-dealkylation sites (tertiary alicyclic amines) is 1. The van der Waals surface area contributed by atoms with E-state index >= 15 is 0 Å². The SMILES string of the molecule is CCOC(=O)[C@@H]1C([P+]([S-])(N(C(C)C)C(C)C)N(C(C)C)C(C)C)=NN(C(P)(N(C(C)C)C(C)C)N(C(C)C)C(C)C)[C@H]1N1CCCC1. The molecule has 0 saturated carbocycles. The van der Waals surface area contributed by atoms with Crippen LogP contribution in [-0.4, -0.2) is 120 Å². The van der Waals surface area contributed by atoms with Crippen molar-refractivity contribution in [2.75, 3.05) is 19.7 Å². The van der Waals surface area contributed by atoms with Crippen molar-refractivity contribution in [3.05, 3.63) is 0 Å². The molecule has 9 nitrogen and oxygen atoms in total. The molecule has 1 saturated heterocycles. The second kappa shape index (κ2) is 17.4. The fourth-order valence-corrected chi connectivity index (χ4v) is 16.9. The van der Waals surface area contributed by atoms with Gasteiger partial charge in [0.15, 0.2) is 11.4 Å². The van der Waals surface area contributed by atoms with Crippen molar-refractivity contribution in [3.63, 3.8) is 0 Å². The Morgan fingerprint density at radius 1 is 0.787 bits per heavy atom. The maximum Gasteiger partial charge on any atom is 0.322 e. The summed E-state index contributed by atoms with van der Waals surface area (Å²) in [6.07, 6.45) is 1.85. The van der Waals surface area contributed by atoms with Gasteiger partial charge in [-0.2, -0.15) is 9.34 Å². The molecule has 2 aliphatic heterocycles. The van der Waals surface area contributed by atoms with E-state index in [9.17, 15) is 4.79 Å². The molecule has 2 rings (SSSR count). The highest BCUT2D eigenvalue weighted by Gasteiger charge is 2.64. The van der Waals surface area contributed by atoms with Crippen LogP contribution in [0.25, 0.3) is 0 Å². The largest absolute Gasteiger partial charge is 0.511 e. The molecule has 2 aliphatic rings. The van der Waals surface area contributed by atoms with Crippen LogP contribution in [0.5, 0.6) is 0 Å². The Labute approximate surface area is 298 Å². The quantitative estimate of drug-likeness (QED) is 0.0660. The molecule has 47 heavy (non-hydrogen) atoms. The summed E-state index contributed by atoms with van der Waals surface area (Å²) in [6.45, 7) is 37.3. The second-order valence-corrected chi connectivity index (χ2v) is 20.5. The lowest BCUT2D eigenvalue weighted by atomic mass is 10.1. The predicted octanol–water partition coefficient (Wildman–Crippen LogP) is 7.49. The molecule has 3 atom stereocenters. The highest BCUT2D eigenvalue weighted by molar-refractivity contribution is 8.47. The first-order valence-corrected chi connectivity index (χ1v) is 21.7. The molecule has 0 radical (unpaired) electrons. The van der Waals surface area contributed by atoms with Gasteiger partial charge < -0.3 is 17.0 Å². The van der Waals surface area contributed by atoms with Crippen molar-refractivity contribution < 1.29 is 9.53 Å². The van der Waals surface area contributed by atoms with Crippen LogP contribution < -0.4 is 0 Å². The summed E-state index contributed by atoms with van der Waals surface area (Å²) < 4.78 is 11.1. The zero-order valence-electron chi connectivity index (χ0n) is 33.2. The molecular weight excluding hydrogens is 644 g/mol. The maximum atomic E-state index is 14.7. The highest BCUT2D eigenvalue weighted by Crippen LogP contribution is 2.71. The van der Waals surface area contributed by atoms with E-state index in [4.69, 9.17) is 22.1 Å². The normalized spacial score (nSPS) is 20.7. The molecule has 0 spiro atoms. The average molecular weight is 718 g/mol. The molecule has 276 valence electrons. The molecule has 0 aliphatic carbocycles. The van der Waals surface area contributed by atoms with Crippen molar-refractivity contribution in [2.24, 2.45) is 11.0 Å². The third-order valence-corrected chi connectivity index (χ3v) is 16.1. The Bertz CT molecular complexity index is 961. The van der Waals surface area contributed by atoms with Gasteiger partial charge in [0.2, 0.25) is 5.45 Å². The lowest BCUT2D eigenvalue weighted by molar-refractivity contribution is -0.187. The number of hydrogen-bond donors (Lipinski definition) is 0. The third kappa shape index (κ3) is 8.54. The molecule has 12 heteroatoms. The van der Waals surface area contributed by atoms with Crippen LogP contribution in [0.4, 0.5) is 0 Å². The van der Waals surface area contributed by atoms with E-state index < -0.39 is 18.2 Å². The minimum atomic E-state index is -2.85. The van der Waals surface area contributed by atoms with Crippen molar-refractivity contribution >= 4 is 39.7 Å². The van der Waals surface area contributed by atoms with Gasteiger partial charge in [-0.1, -0.05) is 9.24 Å². The maximum absolute atomic E-state index is 14.7. The number of esters is 1. The zero-order valence-corrected chi connectivity index (χ0v) is 36.1. The zero-order chi connectivity index (χ0) is 36.3. The van der Waals surface area contributed by atoms with Crippen LogP contribution >= 0.6 is 16.0 Å². The van der Waals surface area contributed by atoms with Crippen LogP contribution in [-0.2, 0) is 21.8 Å². The minimum Gasteiger partial charge on any atom is -0.511 e. The van der Waals surface area contributed by atoms with Gasteiger partial charge in [-0.15, -0.1) is 5.10 Å². The molecule has 0 N–H and O–H groups in total. The van der Waals surface area contributed by atoms with Gasteiger partial charge in [0.05, 0.1) is 13.4 Å². The van der Waals surface area contributed by atoms with Crippen molar-refractivity contribution in [3.8, 4) is 0 Å². The number of carbonyl (C=O) groups is 1. The third-order valence-electron chi connectivity index (χ3n) is 9.46. The van der Waals surface area contributed by atoms with Gasteiger partial charge in [-0.05, 0) is 131 Å². The molecular formula is C35H73N7O2P2S. The van der Waals surface area contributed by atoms with Gasteiger partial charge in [0, 0.05) is 61.4 Å². The summed E-state index contributed by atoms with van der Waals surface area (Å²) in [7, 11) is 3.29. The van der Waals surface area contributed by atoms with Crippen LogP contribution in [0.3, 0.4) is 0 Å². The monoisotopic (exact) mass is 718 g/mol. The van der Waals surface area contributed by atoms with Crippen LogP contribution in [0.2, 0.25) is 0 Å². The standard InChI is InChI=1S/C35H73N7O2P2S/c1-18-44-34(43)31-32(46(47,40(27(10)11)28(12)13)41(29(14)15)30(16)17)36-42(33(31)37-21-19-20-22-37)35(45,38(23(2)3)24(4)5)39(25(6)7)26(8)9/h23-31,33H,18-22,45H2,1-17H3/t31-,33-/m1/s1. The van der Waals surface area contributed by atoms with Gasteiger partial charge >= 0.3 is 5.97 Å². The lowest BCUT2D eigenvalue weighted by Crippen LogP contribution is -2.73. The van der Waals surface area contributed by atoms with Gasteiger partial charge in [-0.3, -0.25) is 19.5 Å². The highest BCUT2D eigenvalue weighted by atomic mass is 32.7. The van der Waals surface area contributed by atoms with Gasteiger partial charge in [0.25, 0.3) is 0 Å². The summed E-state index contributed by atoms with van der Waals surface area (Å²) >= 11 is 7.18. The Hall–Kier alpha value is -0.0500. The molecule has 0 aromatic heterocycles. The van der Waals surface area contributed by atoms with Crippen LogP contribution in [0.1, 0.15) is 131 Å². The number of nitrogens with zero attached hydrogens (tertiary/aromatic N) is 7. The summed E-state index contributed by atoms with van der Waals surface area (Å²) in [5.41, 5.74) is 0.0605. The molecule has 0 aromatic rings. The van der Waals surface area contributed by atoms with Gasteiger partial charge in [0.1, 0.15) is 6.17 Å². The number of ether oxygens (including phenoxy) is 1. The van der Waals surface area contributed by atoms with Crippen molar-refractivity contribution in [1.29, 1.82) is 0 Å². The molecule has 2 heterocycles. The predicted molar refractivity (Wildman–Crippen MR) is 209 cm³/mol. The topological polar surface area (TPSA) is 58.1 Å². The molecule has 1 fully saturated rings. The van der Waals surface area contributed by atoms with E-state index in [1.165, 1.54) is 0 Å². The van der Waals surface area contributed by atoms with Crippen LogP contribution in [0, 0.1) is 5.92 Å². The number of hydrogen-bond acceptors (Lipinski definition) is 10. The molecule has 0 amide bonds. The smallest absolute Gasteiger partial charge is 0.322 e. The summed E-state index contributed by atoms with van der Waals surface area (Å²) in [5, 5.41) is 8.16. The average Bonchev–Trinajstić information content (AvgIpc) is 3.55. The number of hydrazone groups is 1. The molecule has 0 aromatic carbocycles. The van der Waals surface area contributed by atoms with E-state index in [1.54, 1.807) is 0 Å². The van der Waals surface area contributed by atoms with E-state index in [-0.39, 0.29) is 60.5 Å². The first kappa shape index (κ1) is 43.1. The summed E-state index contributed by atoms with van der Waals surface area (Å²) in [5.74, 6) is -0.838. The Balaban J connectivity index is 3.27. The minimum absolute atomic E-state index is 0.150. The summed E-state index contributed by atoms with van der Waals surface area (Å²) in [6, 6.07) is 1.38. The van der Waals surface area contributed by atoms with E-state index in [1.807, 2.05) is 6.92 Å². The summed E-state index contributed by atoms with van der Waals surface area (Å²) in [4.78, 5) is 22.3. The van der Waals surface area contributed by atoms with Crippen molar-refractivity contribution in [2.45, 2.75) is 191 Å². The van der Waals surface area contributed by atoms with E-state index in [0.29, 0.717) is 6.61 Å². The Morgan fingerprint density at radius 3 is 1.45 bits per heavy atom. The fourth-order valence-electron chi connectivity index (χ4n) is 8.73. The Morgan fingerprint density at radius 2 is 1.15 bits per heavy atom. The first-order chi connectivity index (χ1) is 21.6. The van der Waals surface area contributed by atoms with Crippen LogP contribution in [0.15, 0.2) is 5.10 Å². The number of rotatable bonds is 17. The molecule has 0 bridgehead atoms. The molecule has 1 unspecified atom stereocenters. The lowest BCUT2D eigenvalue weighted by Gasteiger charge is -2.59. The van der Waals surface area contributed by atoms with Gasteiger partial charge in [-0.25, -0.2) is 5.01 Å². The van der Waals surface area contributed by atoms with E-state index in [0.717, 1.165) is 31.4 Å². The van der Waals surface area contributed by atoms with E-state index in [2.05, 4.69) is 149 Å². The second-order valence-electron chi connectivity index (χ2n) is 15.7. The van der Waals surface area contributed by atoms with Crippen molar-refractivity contribution in [1.82, 2.24) is 29.0 Å². The fraction of sp³-hybridized carbons (Fsp3) is 0.943.